The van der Waals surface area contributed by atoms with Crippen LogP contribution >= 0.6 is 0 Å². The smallest absolute Gasteiger partial charge is 0.304 e. The molecule has 24 heavy (non-hydrogen) atoms. The molecule has 2 aromatic rings. The number of halogens is 3. The van der Waals surface area contributed by atoms with Crippen LogP contribution in [0.25, 0.3) is 0 Å². The minimum absolute atomic E-state index is 0.0152. The van der Waals surface area contributed by atoms with E-state index < -0.39 is 17.7 Å². The Bertz CT molecular complexity index is 727. The summed E-state index contributed by atoms with van der Waals surface area (Å²) in [5.74, 6) is -0.876. The SMILES string of the molecule is CN1CC(c2ccccc2)C(=O)C(c2cccc(C(F)(F)F)c2)C1. The molecule has 2 unspecified atom stereocenters. The van der Waals surface area contributed by atoms with E-state index in [0.717, 1.165) is 17.7 Å². The lowest BCUT2D eigenvalue weighted by molar-refractivity contribution is -0.137. The maximum Gasteiger partial charge on any atom is 0.416 e. The minimum Gasteiger partial charge on any atom is -0.304 e. The van der Waals surface area contributed by atoms with Gasteiger partial charge in [-0.2, -0.15) is 13.2 Å². The van der Waals surface area contributed by atoms with Gasteiger partial charge in [-0.05, 0) is 24.2 Å². The number of ketones is 1. The second-order valence-corrected chi connectivity index (χ2v) is 6.26. The summed E-state index contributed by atoms with van der Waals surface area (Å²) in [4.78, 5) is 14.9. The summed E-state index contributed by atoms with van der Waals surface area (Å²) in [5.41, 5.74) is 0.630. The number of Topliss-reactive ketones (excluding diaryl/α,β-unsaturated/α-hetero) is 1. The van der Waals surface area contributed by atoms with E-state index in [-0.39, 0.29) is 11.7 Å². The maximum atomic E-state index is 13.0. The van der Waals surface area contributed by atoms with Gasteiger partial charge in [-0.3, -0.25) is 4.79 Å². The number of hydrogen-bond donors (Lipinski definition) is 0. The fraction of sp³-hybridized carbons (Fsp3) is 0.316. The van der Waals surface area contributed by atoms with Gasteiger partial charge in [0.15, 0.2) is 0 Å². The summed E-state index contributed by atoms with van der Waals surface area (Å²) < 4.78 is 38.9. The van der Waals surface area contributed by atoms with E-state index in [1.54, 1.807) is 6.07 Å². The Hall–Kier alpha value is -2.14. The number of likely N-dealkylation sites (tertiary alicyclic amines) is 1. The molecule has 1 saturated heterocycles. The largest absolute Gasteiger partial charge is 0.416 e. The molecule has 2 atom stereocenters. The van der Waals surface area contributed by atoms with Gasteiger partial charge < -0.3 is 4.90 Å². The van der Waals surface area contributed by atoms with E-state index in [4.69, 9.17) is 0 Å². The van der Waals surface area contributed by atoms with Crippen molar-refractivity contribution in [3.05, 3.63) is 71.3 Å². The van der Waals surface area contributed by atoms with Crippen LogP contribution in [0.5, 0.6) is 0 Å². The van der Waals surface area contributed by atoms with Crippen LogP contribution in [0.2, 0.25) is 0 Å². The van der Waals surface area contributed by atoms with Crippen LogP contribution in [0.1, 0.15) is 28.5 Å². The van der Waals surface area contributed by atoms with Crippen molar-refractivity contribution in [3.63, 3.8) is 0 Å². The van der Waals surface area contributed by atoms with Gasteiger partial charge >= 0.3 is 6.18 Å². The first-order chi connectivity index (χ1) is 11.4. The Morgan fingerprint density at radius 2 is 1.50 bits per heavy atom. The molecule has 2 nitrogen and oxygen atoms in total. The lowest BCUT2D eigenvalue weighted by Crippen LogP contribution is -2.42. The summed E-state index contributed by atoms with van der Waals surface area (Å²) in [7, 11) is 1.89. The van der Waals surface area contributed by atoms with Crippen LogP contribution < -0.4 is 0 Å². The second-order valence-electron chi connectivity index (χ2n) is 6.26. The molecule has 126 valence electrons. The molecule has 1 aliphatic rings. The van der Waals surface area contributed by atoms with Crippen LogP contribution in [0, 0.1) is 0 Å². The first-order valence-corrected chi connectivity index (χ1v) is 7.80. The Kier molecular flexibility index (Phi) is 4.45. The number of piperidine rings is 1. The summed E-state index contributed by atoms with van der Waals surface area (Å²) in [6.45, 7) is 1.02. The molecule has 2 aromatic carbocycles. The molecule has 5 heteroatoms. The summed E-state index contributed by atoms with van der Waals surface area (Å²) in [6.07, 6.45) is -4.40. The van der Waals surface area contributed by atoms with E-state index in [1.807, 2.05) is 42.3 Å². The van der Waals surface area contributed by atoms with Gasteiger partial charge in [0, 0.05) is 13.1 Å². The van der Waals surface area contributed by atoms with Crippen molar-refractivity contribution >= 4 is 5.78 Å². The second kappa shape index (κ2) is 6.40. The molecule has 0 spiro atoms. The molecular formula is C19H18F3NO. The third kappa shape index (κ3) is 3.36. The monoisotopic (exact) mass is 333 g/mol. The zero-order valence-electron chi connectivity index (χ0n) is 13.3. The standard InChI is InChI=1S/C19H18F3NO/c1-23-11-16(13-6-3-2-4-7-13)18(24)17(12-23)14-8-5-9-15(10-14)19(20,21)22/h2-10,16-17H,11-12H2,1H3. The number of carbonyl (C=O) groups excluding carboxylic acids is 1. The Balaban J connectivity index is 1.94. The van der Waals surface area contributed by atoms with E-state index in [9.17, 15) is 18.0 Å². The quantitative estimate of drug-likeness (QED) is 0.825. The molecule has 0 aromatic heterocycles. The third-order valence-corrected chi connectivity index (χ3v) is 4.49. The van der Waals surface area contributed by atoms with Crippen LogP contribution in [-0.2, 0) is 11.0 Å². The summed E-state index contributed by atoms with van der Waals surface area (Å²) in [6, 6.07) is 14.5. The number of rotatable bonds is 2. The lowest BCUT2D eigenvalue weighted by Gasteiger charge is -2.35. The minimum atomic E-state index is -4.40. The van der Waals surface area contributed by atoms with Gasteiger partial charge in [0.1, 0.15) is 5.78 Å². The first kappa shape index (κ1) is 16.7. The van der Waals surface area contributed by atoms with Crippen LogP contribution in [0.4, 0.5) is 13.2 Å². The topological polar surface area (TPSA) is 20.3 Å². The van der Waals surface area contributed by atoms with Gasteiger partial charge in [-0.25, -0.2) is 0 Å². The van der Waals surface area contributed by atoms with E-state index in [0.29, 0.717) is 18.7 Å². The van der Waals surface area contributed by atoms with Gasteiger partial charge in [0.2, 0.25) is 0 Å². The van der Waals surface area contributed by atoms with Gasteiger partial charge in [0.05, 0.1) is 17.4 Å². The van der Waals surface area contributed by atoms with E-state index >= 15 is 0 Å². The zero-order chi connectivity index (χ0) is 17.3. The van der Waals surface area contributed by atoms with E-state index in [2.05, 4.69) is 0 Å². The molecule has 1 heterocycles. The number of carbonyl (C=O) groups is 1. The third-order valence-electron chi connectivity index (χ3n) is 4.49. The number of alkyl halides is 3. The fourth-order valence-electron chi connectivity index (χ4n) is 3.28. The van der Waals surface area contributed by atoms with Crippen molar-refractivity contribution in [2.75, 3.05) is 20.1 Å². The van der Waals surface area contributed by atoms with Crippen molar-refractivity contribution in [3.8, 4) is 0 Å². The highest BCUT2D eigenvalue weighted by Crippen LogP contribution is 2.35. The molecule has 0 aliphatic carbocycles. The highest BCUT2D eigenvalue weighted by atomic mass is 19.4. The Labute approximate surface area is 138 Å². The van der Waals surface area contributed by atoms with Crippen molar-refractivity contribution in [1.29, 1.82) is 0 Å². The Morgan fingerprint density at radius 3 is 2.12 bits per heavy atom. The lowest BCUT2D eigenvalue weighted by atomic mass is 9.80. The van der Waals surface area contributed by atoms with Crippen molar-refractivity contribution in [2.24, 2.45) is 0 Å². The van der Waals surface area contributed by atoms with Crippen LogP contribution in [0.3, 0.4) is 0 Å². The van der Waals surface area contributed by atoms with Crippen LogP contribution in [0.15, 0.2) is 54.6 Å². The molecule has 0 amide bonds. The van der Waals surface area contributed by atoms with Crippen LogP contribution in [-0.4, -0.2) is 30.8 Å². The highest BCUT2D eigenvalue weighted by Gasteiger charge is 2.37. The molecule has 0 saturated carbocycles. The number of hydrogen-bond acceptors (Lipinski definition) is 2. The van der Waals surface area contributed by atoms with Crippen molar-refractivity contribution in [2.45, 2.75) is 18.0 Å². The predicted molar refractivity (Wildman–Crippen MR) is 85.9 cm³/mol. The summed E-state index contributed by atoms with van der Waals surface area (Å²) >= 11 is 0. The normalized spacial score (nSPS) is 22.6. The van der Waals surface area contributed by atoms with Crippen molar-refractivity contribution in [1.82, 2.24) is 4.90 Å². The molecule has 3 rings (SSSR count). The number of likely N-dealkylation sites (N-methyl/N-ethyl adjacent to an activating group) is 1. The van der Waals surface area contributed by atoms with Crippen molar-refractivity contribution < 1.29 is 18.0 Å². The Morgan fingerprint density at radius 1 is 0.917 bits per heavy atom. The molecule has 1 aliphatic heterocycles. The van der Waals surface area contributed by atoms with E-state index in [1.165, 1.54) is 6.07 Å². The van der Waals surface area contributed by atoms with Gasteiger partial charge in [0.25, 0.3) is 0 Å². The first-order valence-electron chi connectivity index (χ1n) is 7.80. The maximum absolute atomic E-state index is 13.0. The number of benzene rings is 2. The molecule has 0 bridgehead atoms. The average Bonchev–Trinajstić information content (AvgIpc) is 2.57. The molecule has 0 radical (unpaired) electrons. The highest BCUT2D eigenvalue weighted by molar-refractivity contribution is 5.93. The molecular weight excluding hydrogens is 315 g/mol. The fourth-order valence-corrected chi connectivity index (χ4v) is 3.28. The summed E-state index contributed by atoms with van der Waals surface area (Å²) in [5, 5.41) is 0. The number of nitrogens with zero attached hydrogens (tertiary/aromatic N) is 1. The van der Waals surface area contributed by atoms with Gasteiger partial charge in [-0.1, -0.05) is 48.5 Å². The van der Waals surface area contributed by atoms with Gasteiger partial charge in [-0.15, -0.1) is 0 Å². The predicted octanol–water partition coefficient (Wildman–Crippen LogP) is 4.09. The molecule has 1 fully saturated rings. The average molecular weight is 333 g/mol. The zero-order valence-corrected chi connectivity index (χ0v) is 13.3. The molecule has 0 N–H and O–H groups in total.